The van der Waals surface area contributed by atoms with Gasteiger partial charge in [-0.2, -0.15) is 5.10 Å². The SMILES string of the molecule is CCc1cc(C(O)c2cc(OC)cc(OC)c2)n(C)n1. The second-order valence-corrected chi connectivity index (χ2v) is 4.59. The molecule has 0 aliphatic heterocycles. The number of hydrogen-bond donors (Lipinski definition) is 1. The zero-order valence-corrected chi connectivity index (χ0v) is 12.3. The molecule has 0 bridgehead atoms. The Kier molecular flexibility index (Phi) is 4.29. The van der Waals surface area contributed by atoms with Gasteiger partial charge in [-0.05, 0) is 30.2 Å². The highest BCUT2D eigenvalue weighted by Gasteiger charge is 2.17. The van der Waals surface area contributed by atoms with Crippen molar-refractivity contribution in [1.29, 1.82) is 0 Å². The molecule has 0 radical (unpaired) electrons. The van der Waals surface area contributed by atoms with E-state index >= 15 is 0 Å². The van der Waals surface area contributed by atoms with Gasteiger partial charge in [-0.25, -0.2) is 0 Å². The molecule has 20 heavy (non-hydrogen) atoms. The summed E-state index contributed by atoms with van der Waals surface area (Å²) >= 11 is 0. The minimum absolute atomic E-state index is 0.649. The van der Waals surface area contributed by atoms with E-state index in [-0.39, 0.29) is 0 Å². The molecule has 0 saturated heterocycles. The quantitative estimate of drug-likeness (QED) is 0.908. The number of aliphatic hydroxyl groups is 1. The Balaban J connectivity index is 2.41. The molecule has 2 aromatic rings. The summed E-state index contributed by atoms with van der Waals surface area (Å²) in [5.41, 5.74) is 2.42. The second kappa shape index (κ2) is 5.96. The molecule has 1 aromatic heterocycles. The molecule has 1 unspecified atom stereocenters. The number of benzene rings is 1. The van der Waals surface area contributed by atoms with Crippen LogP contribution in [0.3, 0.4) is 0 Å². The van der Waals surface area contributed by atoms with Crippen molar-refractivity contribution in [2.75, 3.05) is 14.2 Å². The minimum atomic E-state index is -0.767. The molecule has 1 atom stereocenters. The van der Waals surface area contributed by atoms with E-state index in [9.17, 15) is 5.11 Å². The second-order valence-electron chi connectivity index (χ2n) is 4.59. The summed E-state index contributed by atoms with van der Waals surface area (Å²) in [5.74, 6) is 1.30. The number of hydrogen-bond acceptors (Lipinski definition) is 4. The Hall–Kier alpha value is -2.01. The monoisotopic (exact) mass is 276 g/mol. The Morgan fingerprint density at radius 2 is 1.75 bits per heavy atom. The van der Waals surface area contributed by atoms with Crippen LogP contribution in [0.15, 0.2) is 24.3 Å². The number of rotatable bonds is 5. The fourth-order valence-corrected chi connectivity index (χ4v) is 2.13. The molecular formula is C15H20N2O3. The lowest BCUT2D eigenvalue weighted by Gasteiger charge is -2.14. The molecule has 0 saturated carbocycles. The molecule has 1 aromatic carbocycles. The lowest BCUT2D eigenvalue weighted by molar-refractivity contribution is 0.208. The normalized spacial score (nSPS) is 12.2. The van der Waals surface area contributed by atoms with E-state index in [1.54, 1.807) is 37.1 Å². The van der Waals surface area contributed by atoms with Gasteiger partial charge in [0.2, 0.25) is 0 Å². The number of aromatic nitrogens is 2. The van der Waals surface area contributed by atoms with Crippen molar-refractivity contribution >= 4 is 0 Å². The van der Waals surface area contributed by atoms with Gasteiger partial charge in [0.15, 0.2) is 0 Å². The molecule has 0 fully saturated rings. The molecule has 5 heteroatoms. The maximum Gasteiger partial charge on any atom is 0.122 e. The number of methoxy groups -OCH3 is 2. The van der Waals surface area contributed by atoms with Crippen LogP contribution in [-0.2, 0) is 13.5 Å². The minimum Gasteiger partial charge on any atom is -0.497 e. The van der Waals surface area contributed by atoms with Crippen molar-refractivity contribution in [2.45, 2.75) is 19.4 Å². The molecule has 0 aliphatic carbocycles. The summed E-state index contributed by atoms with van der Waals surface area (Å²) in [6, 6.07) is 7.28. The van der Waals surface area contributed by atoms with Gasteiger partial charge >= 0.3 is 0 Å². The topological polar surface area (TPSA) is 56.5 Å². The van der Waals surface area contributed by atoms with E-state index in [1.807, 2.05) is 20.0 Å². The molecule has 0 amide bonds. The van der Waals surface area contributed by atoms with Gasteiger partial charge in [-0.3, -0.25) is 4.68 Å². The van der Waals surface area contributed by atoms with E-state index in [0.717, 1.165) is 17.8 Å². The first-order valence-electron chi connectivity index (χ1n) is 6.52. The van der Waals surface area contributed by atoms with E-state index in [1.165, 1.54) is 0 Å². The van der Waals surface area contributed by atoms with E-state index in [4.69, 9.17) is 9.47 Å². The van der Waals surface area contributed by atoms with Crippen LogP contribution in [0.25, 0.3) is 0 Å². The number of nitrogens with zero attached hydrogens (tertiary/aromatic N) is 2. The van der Waals surface area contributed by atoms with Crippen LogP contribution in [0, 0.1) is 0 Å². The van der Waals surface area contributed by atoms with Crippen LogP contribution in [-0.4, -0.2) is 29.1 Å². The zero-order chi connectivity index (χ0) is 14.7. The average molecular weight is 276 g/mol. The van der Waals surface area contributed by atoms with Crippen molar-refractivity contribution in [3.05, 3.63) is 41.2 Å². The lowest BCUT2D eigenvalue weighted by atomic mass is 10.1. The van der Waals surface area contributed by atoms with Crippen molar-refractivity contribution in [2.24, 2.45) is 7.05 Å². The molecular weight excluding hydrogens is 256 g/mol. The summed E-state index contributed by atoms with van der Waals surface area (Å²) in [7, 11) is 5.00. The van der Waals surface area contributed by atoms with Crippen LogP contribution in [0.2, 0.25) is 0 Å². The molecule has 5 nitrogen and oxygen atoms in total. The predicted molar refractivity (Wildman–Crippen MR) is 76.2 cm³/mol. The van der Waals surface area contributed by atoms with E-state index in [0.29, 0.717) is 17.1 Å². The molecule has 2 rings (SSSR count). The molecule has 108 valence electrons. The third-order valence-corrected chi connectivity index (χ3v) is 3.30. The van der Waals surface area contributed by atoms with Crippen molar-refractivity contribution < 1.29 is 14.6 Å². The maximum atomic E-state index is 10.5. The van der Waals surface area contributed by atoms with Gasteiger partial charge in [0.1, 0.15) is 17.6 Å². The molecule has 1 heterocycles. The standard InChI is InChI=1S/C15H20N2O3/c1-5-11-8-14(17(2)16-11)15(18)10-6-12(19-3)9-13(7-10)20-4/h6-9,15,18H,5H2,1-4H3. The highest BCUT2D eigenvalue weighted by molar-refractivity contribution is 5.41. The highest BCUT2D eigenvalue weighted by Crippen LogP contribution is 2.30. The van der Waals surface area contributed by atoms with Crippen LogP contribution in [0.5, 0.6) is 11.5 Å². The van der Waals surface area contributed by atoms with Crippen LogP contribution >= 0.6 is 0 Å². The summed E-state index contributed by atoms with van der Waals surface area (Å²) in [6.45, 7) is 2.03. The first-order valence-corrected chi connectivity index (χ1v) is 6.52. The fourth-order valence-electron chi connectivity index (χ4n) is 2.13. The first-order chi connectivity index (χ1) is 9.58. The first kappa shape index (κ1) is 14.4. The van der Waals surface area contributed by atoms with Gasteiger partial charge in [-0.1, -0.05) is 6.92 Å². The Labute approximate surface area is 118 Å². The smallest absolute Gasteiger partial charge is 0.122 e. The van der Waals surface area contributed by atoms with Gasteiger partial charge in [-0.15, -0.1) is 0 Å². The van der Waals surface area contributed by atoms with Crippen LogP contribution in [0.1, 0.15) is 30.0 Å². The number of aryl methyl sites for hydroxylation is 2. The Bertz CT molecular complexity index is 571. The zero-order valence-electron chi connectivity index (χ0n) is 12.3. The lowest BCUT2D eigenvalue weighted by Crippen LogP contribution is -2.07. The number of aliphatic hydroxyl groups excluding tert-OH is 1. The predicted octanol–water partition coefficient (Wildman–Crippen LogP) is 2.08. The van der Waals surface area contributed by atoms with E-state index < -0.39 is 6.10 Å². The highest BCUT2D eigenvalue weighted by atomic mass is 16.5. The largest absolute Gasteiger partial charge is 0.497 e. The van der Waals surface area contributed by atoms with Crippen LogP contribution in [0.4, 0.5) is 0 Å². The van der Waals surface area contributed by atoms with Gasteiger partial charge in [0.05, 0.1) is 25.6 Å². The third kappa shape index (κ3) is 2.77. The number of ether oxygens (including phenoxy) is 2. The van der Waals surface area contributed by atoms with Gasteiger partial charge in [0.25, 0.3) is 0 Å². The maximum absolute atomic E-state index is 10.5. The van der Waals surface area contributed by atoms with E-state index in [2.05, 4.69) is 5.10 Å². The van der Waals surface area contributed by atoms with Crippen molar-refractivity contribution in [3.8, 4) is 11.5 Å². The fraction of sp³-hybridized carbons (Fsp3) is 0.400. The summed E-state index contributed by atoms with van der Waals surface area (Å²) in [4.78, 5) is 0. The Morgan fingerprint density at radius 3 is 2.20 bits per heavy atom. The van der Waals surface area contributed by atoms with Crippen molar-refractivity contribution in [1.82, 2.24) is 9.78 Å². The summed E-state index contributed by atoms with van der Waals surface area (Å²) in [6.07, 6.45) is 0.0685. The average Bonchev–Trinajstić information content (AvgIpc) is 2.86. The van der Waals surface area contributed by atoms with Gasteiger partial charge in [0, 0.05) is 13.1 Å². The molecule has 0 spiro atoms. The van der Waals surface area contributed by atoms with Crippen molar-refractivity contribution in [3.63, 3.8) is 0 Å². The molecule has 0 aliphatic rings. The summed E-state index contributed by atoms with van der Waals surface area (Å²) < 4.78 is 12.2. The summed E-state index contributed by atoms with van der Waals surface area (Å²) in [5, 5.41) is 14.9. The molecule has 1 N–H and O–H groups in total. The third-order valence-electron chi connectivity index (χ3n) is 3.30. The van der Waals surface area contributed by atoms with Crippen LogP contribution < -0.4 is 9.47 Å². The van der Waals surface area contributed by atoms with Gasteiger partial charge < -0.3 is 14.6 Å². The Morgan fingerprint density at radius 1 is 1.15 bits per heavy atom.